The molecule has 4 nitrogen and oxygen atoms in total. The van der Waals surface area contributed by atoms with E-state index in [0.717, 1.165) is 42.5 Å². The maximum absolute atomic E-state index is 13.2. The van der Waals surface area contributed by atoms with Crippen LogP contribution in [0.15, 0.2) is 54.6 Å². The number of rotatable bonds is 2. The summed E-state index contributed by atoms with van der Waals surface area (Å²) >= 11 is 6.12. The highest BCUT2D eigenvalue weighted by Crippen LogP contribution is 2.31. The predicted molar refractivity (Wildman–Crippen MR) is 118 cm³/mol. The molecule has 1 N–H and O–H groups in total. The van der Waals surface area contributed by atoms with Gasteiger partial charge in [-0.25, -0.2) is 0 Å². The molecular formula is C24H22ClN3O. The molecule has 1 amide bonds. The van der Waals surface area contributed by atoms with Gasteiger partial charge in [0.25, 0.3) is 5.91 Å². The van der Waals surface area contributed by atoms with E-state index < -0.39 is 0 Å². The highest BCUT2D eigenvalue weighted by molar-refractivity contribution is 6.31. The van der Waals surface area contributed by atoms with Gasteiger partial charge in [0.05, 0.1) is 16.8 Å². The number of hydrogen-bond donors (Lipinski definition) is 1. The number of para-hydroxylation sites is 1. The molecule has 29 heavy (non-hydrogen) atoms. The predicted octanol–water partition coefficient (Wildman–Crippen LogP) is 5.70. The molecule has 2 aromatic heterocycles. The van der Waals surface area contributed by atoms with Crippen molar-refractivity contribution in [2.24, 2.45) is 0 Å². The van der Waals surface area contributed by atoms with E-state index >= 15 is 0 Å². The zero-order valence-corrected chi connectivity index (χ0v) is 17.0. The Labute approximate surface area is 174 Å². The second-order valence-corrected chi connectivity index (χ2v) is 8.27. The molecule has 0 unspecified atom stereocenters. The van der Waals surface area contributed by atoms with Crippen LogP contribution in [-0.4, -0.2) is 33.9 Å². The number of aromatic nitrogens is 2. The Bertz CT molecular complexity index is 1190. The first-order valence-electron chi connectivity index (χ1n) is 10.0. The topological polar surface area (TPSA) is 49.0 Å². The molecule has 5 rings (SSSR count). The van der Waals surface area contributed by atoms with Crippen molar-refractivity contribution in [2.75, 3.05) is 13.1 Å². The number of carbonyl (C=O) groups is 1. The Morgan fingerprint density at radius 3 is 2.66 bits per heavy atom. The number of aryl methyl sites for hydroxylation is 1. The highest BCUT2D eigenvalue weighted by Gasteiger charge is 2.26. The first-order valence-corrected chi connectivity index (χ1v) is 10.4. The van der Waals surface area contributed by atoms with Crippen LogP contribution in [0.2, 0.25) is 5.02 Å². The SMILES string of the molecule is Cc1nc2ccc(Cl)cc2cc1C(=O)N1CCC(c2cc3ccccc3[nH]2)CC1. The maximum Gasteiger partial charge on any atom is 0.255 e. The molecule has 0 atom stereocenters. The number of hydrogen-bond acceptors (Lipinski definition) is 2. The largest absolute Gasteiger partial charge is 0.358 e. The van der Waals surface area contributed by atoms with Crippen molar-refractivity contribution in [1.29, 1.82) is 0 Å². The maximum atomic E-state index is 13.2. The number of piperidine rings is 1. The molecule has 1 saturated heterocycles. The van der Waals surface area contributed by atoms with Gasteiger partial charge < -0.3 is 9.88 Å². The van der Waals surface area contributed by atoms with Crippen LogP contribution in [0.25, 0.3) is 21.8 Å². The van der Waals surface area contributed by atoms with Crippen molar-refractivity contribution in [3.05, 3.63) is 76.6 Å². The van der Waals surface area contributed by atoms with Crippen molar-refractivity contribution < 1.29 is 4.79 Å². The lowest BCUT2D eigenvalue weighted by Gasteiger charge is -2.32. The van der Waals surface area contributed by atoms with Gasteiger partial charge >= 0.3 is 0 Å². The van der Waals surface area contributed by atoms with Crippen LogP contribution in [0.3, 0.4) is 0 Å². The summed E-state index contributed by atoms with van der Waals surface area (Å²) in [7, 11) is 0. The number of nitrogens with one attached hydrogen (secondary N) is 1. The number of H-pyrrole nitrogens is 1. The summed E-state index contributed by atoms with van der Waals surface area (Å²) in [6.07, 6.45) is 1.93. The fraction of sp³-hybridized carbons (Fsp3) is 0.250. The molecule has 2 aromatic carbocycles. The smallest absolute Gasteiger partial charge is 0.255 e. The van der Waals surface area contributed by atoms with E-state index in [0.29, 0.717) is 16.5 Å². The third kappa shape index (κ3) is 3.38. The van der Waals surface area contributed by atoms with Crippen LogP contribution in [0.5, 0.6) is 0 Å². The molecule has 1 aliphatic rings. The summed E-state index contributed by atoms with van der Waals surface area (Å²) in [5, 5.41) is 2.80. The Kier molecular flexibility index (Phi) is 4.51. The second kappa shape index (κ2) is 7.20. The third-order valence-electron chi connectivity index (χ3n) is 5.97. The molecule has 1 fully saturated rings. The Morgan fingerprint density at radius 2 is 1.86 bits per heavy atom. The van der Waals surface area contributed by atoms with Crippen LogP contribution in [0.1, 0.15) is 40.5 Å². The van der Waals surface area contributed by atoms with Gasteiger partial charge in [0.1, 0.15) is 0 Å². The Balaban J connectivity index is 1.34. The standard InChI is InChI=1S/C24H22ClN3O/c1-15-20(13-18-12-19(25)6-7-22(18)26-15)24(29)28-10-8-16(9-11-28)23-14-17-4-2-3-5-21(17)27-23/h2-7,12-14,16,27H,8-11H2,1H3. The minimum Gasteiger partial charge on any atom is -0.358 e. The van der Waals surface area contributed by atoms with E-state index in [1.807, 2.05) is 36.1 Å². The number of amides is 1. The number of pyridine rings is 1. The molecule has 0 aliphatic carbocycles. The summed E-state index contributed by atoms with van der Waals surface area (Å²) in [6.45, 7) is 3.41. The Hall–Kier alpha value is -2.85. The average Bonchev–Trinajstić information content (AvgIpc) is 3.17. The molecule has 0 spiro atoms. The van der Waals surface area contributed by atoms with E-state index in [1.54, 1.807) is 0 Å². The molecule has 0 radical (unpaired) electrons. The zero-order chi connectivity index (χ0) is 20.0. The van der Waals surface area contributed by atoms with Crippen molar-refractivity contribution >= 4 is 39.3 Å². The molecular weight excluding hydrogens is 382 g/mol. The van der Waals surface area contributed by atoms with Crippen LogP contribution < -0.4 is 0 Å². The number of fused-ring (bicyclic) bond motifs is 2. The van der Waals surface area contributed by atoms with E-state index in [1.165, 1.54) is 16.6 Å². The number of nitrogens with zero attached hydrogens (tertiary/aromatic N) is 2. The quantitative estimate of drug-likeness (QED) is 0.466. The van der Waals surface area contributed by atoms with E-state index in [2.05, 4.69) is 40.3 Å². The fourth-order valence-corrected chi connectivity index (χ4v) is 4.52. The molecule has 3 heterocycles. The van der Waals surface area contributed by atoms with E-state index in [4.69, 9.17) is 11.6 Å². The van der Waals surface area contributed by atoms with Gasteiger partial charge in [-0.2, -0.15) is 0 Å². The molecule has 1 aliphatic heterocycles. The van der Waals surface area contributed by atoms with Crippen molar-refractivity contribution in [2.45, 2.75) is 25.7 Å². The van der Waals surface area contributed by atoms with E-state index in [-0.39, 0.29) is 5.91 Å². The fourth-order valence-electron chi connectivity index (χ4n) is 4.34. The number of halogens is 1. The van der Waals surface area contributed by atoms with Gasteiger partial charge in [-0.3, -0.25) is 9.78 Å². The lowest BCUT2D eigenvalue weighted by molar-refractivity contribution is 0.0711. The number of benzene rings is 2. The van der Waals surface area contributed by atoms with Crippen molar-refractivity contribution in [3.63, 3.8) is 0 Å². The van der Waals surface area contributed by atoms with Crippen LogP contribution >= 0.6 is 11.6 Å². The summed E-state index contributed by atoms with van der Waals surface area (Å²) in [4.78, 5) is 23.3. The molecule has 146 valence electrons. The van der Waals surface area contributed by atoms with E-state index in [9.17, 15) is 4.79 Å². The van der Waals surface area contributed by atoms with Crippen LogP contribution in [0, 0.1) is 6.92 Å². The first-order chi connectivity index (χ1) is 14.1. The van der Waals surface area contributed by atoms with Crippen LogP contribution in [-0.2, 0) is 0 Å². The minimum absolute atomic E-state index is 0.0620. The number of likely N-dealkylation sites (tertiary alicyclic amines) is 1. The van der Waals surface area contributed by atoms with Crippen molar-refractivity contribution in [1.82, 2.24) is 14.9 Å². The minimum atomic E-state index is 0.0620. The van der Waals surface area contributed by atoms with Gasteiger partial charge in [0.2, 0.25) is 0 Å². The van der Waals surface area contributed by atoms with Crippen LogP contribution in [0.4, 0.5) is 0 Å². The number of aromatic amines is 1. The summed E-state index contributed by atoms with van der Waals surface area (Å²) in [5.74, 6) is 0.521. The Morgan fingerprint density at radius 1 is 1.07 bits per heavy atom. The van der Waals surface area contributed by atoms with Gasteiger partial charge in [-0.05, 0) is 61.5 Å². The average molecular weight is 404 g/mol. The molecule has 4 aromatic rings. The monoisotopic (exact) mass is 403 g/mol. The highest BCUT2D eigenvalue weighted by atomic mass is 35.5. The number of carbonyl (C=O) groups excluding carboxylic acids is 1. The third-order valence-corrected chi connectivity index (χ3v) is 6.21. The second-order valence-electron chi connectivity index (χ2n) is 7.84. The lowest BCUT2D eigenvalue weighted by atomic mass is 9.93. The molecule has 5 heteroatoms. The van der Waals surface area contributed by atoms with Gasteiger partial charge in [-0.1, -0.05) is 29.8 Å². The normalized spacial score (nSPS) is 15.3. The lowest BCUT2D eigenvalue weighted by Crippen LogP contribution is -2.38. The van der Waals surface area contributed by atoms with Gasteiger partial charge in [-0.15, -0.1) is 0 Å². The van der Waals surface area contributed by atoms with Gasteiger partial charge in [0, 0.05) is 40.6 Å². The molecule has 0 bridgehead atoms. The van der Waals surface area contributed by atoms with Gasteiger partial charge in [0.15, 0.2) is 0 Å². The first kappa shape index (κ1) is 18.2. The summed E-state index contributed by atoms with van der Waals surface area (Å²) in [5.41, 5.74) is 4.75. The zero-order valence-electron chi connectivity index (χ0n) is 16.3. The molecule has 0 saturated carbocycles. The van der Waals surface area contributed by atoms with Crippen molar-refractivity contribution in [3.8, 4) is 0 Å². The summed E-state index contributed by atoms with van der Waals surface area (Å²) < 4.78 is 0. The summed E-state index contributed by atoms with van der Waals surface area (Å²) in [6, 6.07) is 18.1.